The summed E-state index contributed by atoms with van der Waals surface area (Å²) in [4.78, 5) is 0. The molecule has 0 aliphatic heterocycles. The van der Waals surface area contributed by atoms with Gasteiger partial charge < -0.3 is 48.0 Å². The van der Waals surface area contributed by atoms with Crippen LogP contribution < -0.4 is 48.0 Å². The number of hydrogen-bond acceptors (Lipinski definition) is 0. The quantitative estimate of drug-likeness (QED) is 0.289. The van der Waals surface area contributed by atoms with Crippen LogP contribution in [0.5, 0.6) is 0 Å². The van der Waals surface area contributed by atoms with Crippen LogP contribution in [0.4, 0.5) is 0 Å². The van der Waals surface area contributed by atoms with Crippen LogP contribution in [-0.4, -0.2) is 0 Å². The SMILES string of the molecule is CC(C)C1[C-]=Cc2ccccc21.[I-].[I-].[Zr+3]. The van der Waals surface area contributed by atoms with Crippen LogP contribution in [-0.2, 0) is 26.2 Å². The first-order valence-corrected chi connectivity index (χ1v) is 4.47. The first-order chi connectivity index (χ1) is 5.79. The van der Waals surface area contributed by atoms with Crippen LogP contribution in [0.2, 0.25) is 0 Å². The Morgan fingerprint density at radius 2 is 1.73 bits per heavy atom. The molecule has 1 aliphatic rings. The summed E-state index contributed by atoms with van der Waals surface area (Å²) in [7, 11) is 0. The third-order valence-electron chi connectivity index (χ3n) is 2.42. The predicted octanol–water partition coefficient (Wildman–Crippen LogP) is -2.74. The molecule has 0 amide bonds. The molecule has 0 heterocycles. The molecule has 0 nitrogen and oxygen atoms in total. The normalized spacial score (nSPS) is 16.1. The molecule has 0 saturated carbocycles. The molecule has 1 radical (unpaired) electrons. The molecular formula is C12H13I2Zr. The first kappa shape index (κ1) is 18.7. The van der Waals surface area contributed by atoms with E-state index in [9.17, 15) is 0 Å². The second kappa shape index (κ2) is 8.40. The number of rotatable bonds is 1. The first-order valence-electron chi connectivity index (χ1n) is 4.47. The van der Waals surface area contributed by atoms with Crippen molar-refractivity contribution >= 4 is 6.08 Å². The van der Waals surface area contributed by atoms with Gasteiger partial charge in [0, 0.05) is 0 Å². The van der Waals surface area contributed by atoms with Crippen molar-refractivity contribution in [2.24, 2.45) is 5.92 Å². The molecule has 0 saturated heterocycles. The van der Waals surface area contributed by atoms with E-state index < -0.39 is 0 Å². The van der Waals surface area contributed by atoms with Crippen molar-refractivity contribution in [1.82, 2.24) is 0 Å². The largest absolute Gasteiger partial charge is 3.00 e. The van der Waals surface area contributed by atoms with E-state index in [0.29, 0.717) is 11.8 Å². The molecule has 1 aromatic carbocycles. The summed E-state index contributed by atoms with van der Waals surface area (Å²) in [5.74, 6) is 1.17. The molecule has 1 unspecified atom stereocenters. The molecule has 0 N–H and O–H groups in total. The van der Waals surface area contributed by atoms with Crippen LogP contribution in [0.15, 0.2) is 24.3 Å². The fraction of sp³-hybridized carbons (Fsp3) is 0.333. The molecule has 0 bridgehead atoms. The van der Waals surface area contributed by atoms with Crippen LogP contribution in [0.1, 0.15) is 30.9 Å². The average molecular weight is 502 g/mol. The third-order valence-corrected chi connectivity index (χ3v) is 2.42. The van der Waals surface area contributed by atoms with Gasteiger partial charge in [-0.1, -0.05) is 43.9 Å². The zero-order chi connectivity index (χ0) is 8.55. The van der Waals surface area contributed by atoms with E-state index in [1.165, 1.54) is 11.1 Å². The van der Waals surface area contributed by atoms with Crippen molar-refractivity contribution in [1.29, 1.82) is 0 Å². The van der Waals surface area contributed by atoms with Crippen LogP contribution in [0.25, 0.3) is 6.08 Å². The molecule has 0 spiro atoms. The van der Waals surface area contributed by atoms with Gasteiger partial charge in [-0.25, -0.2) is 6.08 Å². The second-order valence-electron chi connectivity index (χ2n) is 3.66. The maximum absolute atomic E-state index is 3.40. The minimum Gasteiger partial charge on any atom is -1.00 e. The Labute approximate surface area is 145 Å². The van der Waals surface area contributed by atoms with Crippen LogP contribution in [0.3, 0.4) is 0 Å². The van der Waals surface area contributed by atoms with Gasteiger partial charge in [0.25, 0.3) is 0 Å². The van der Waals surface area contributed by atoms with Gasteiger partial charge >= 0.3 is 26.2 Å². The van der Waals surface area contributed by atoms with Crippen molar-refractivity contribution in [3.05, 3.63) is 41.5 Å². The Balaban J connectivity index is 0. The zero-order valence-electron chi connectivity index (χ0n) is 8.80. The fourth-order valence-electron chi connectivity index (χ4n) is 1.75. The Morgan fingerprint density at radius 1 is 1.13 bits per heavy atom. The molecule has 1 aromatic rings. The summed E-state index contributed by atoms with van der Waals surface area (Å²) in [6.45, 7) is 4.49. The minimum atomic E-state index is 0. The smallest absolute Gasteiger partial charge is 1.00 e. The average Bonchev–Trinajstić information content (AvgIpc) is 2.47. The van der Waals surface area contributed by atoms with Gasteiger partial charge in [0.05, 0.1) is 0 Å². The minimum absolute atomic E-state index is 0. The Kier molecular flexibility index (Phi) is 10.5. The summed E-state index contributed by atoms with van der Waals surface area (Å²) in [6, 6.07) is 8.55. The number of allylic oxidation sites excluding steroid dienone is 1. The topological polar surface area (TPSA) is 0 Å². The Hall–Kier alpha value is 1.30. The van der Waals surface area contributed by atoms with Crippen molar-refractivity contribution < 1.29 is 74.2 Å². The van der Waals surface area contributed by atoms with Gasteiger partial charge in [0.2, 0.25) is 0 Å². The van der Waals surface area contributed by atoms with Crippen LogP contribution in [0, 0.1) is 12.0 Å². The van der Waals surface area contributed by atoms with Gasteiger partial charge in [-0.3, -0.25) is 6.08 Å². The molecule has 0 aromatic heterocycles. The molecule has 1 aliphatic carbocycles. The number of halogens is 2. The fourth-order valence-corrected chi connectivity index (χ4v) is 1.75. The van der Waals surface area contributed by atoms with E-state index in [0.717, 1.165) is 0 Å². The molecule has 79 valence electrons. The van der Waals surface area contributed by atoms with Crippen molar-refractivity contribution in [2.45, 2.75) is 19.8 Å². The van der Waals surface area contributed by atoms with Gasteiger partial charge in [-0.15, -0.1) is 11.6 Å². The molecular weight excluding hydrogens is 489 g/mol. The van der Waals surface area contributed by atoms with E-state index >= 15 is 0 Å². The maximum atomic E-state index is 3.40. The molecule has 0 fully saturated rings. The molecule has 1 atom stereocenters. The van der Waals surface area contributed by atoms with E-state index in [4.69, 9.17) is 0 Å². The van der Waals surface area contributed by atoms with E-state index in [-0.39, 0.29) is 74.2 Å². The summed E-state index contributed by atoms with van der Waals surface area (Å²) >= 11 is 0. The number of hydrogen-bond donors (Lipinski definition) is 0. The van der Waals surface area contributed by atoms with E-state index in [1.54, 1.807) is 0 Å². The standard InChI is InChI=1S/C12H13.2HI.Zr/c1-9(2)11-8-7-10-5-3-4-6-12(10)11;;;/h3-7,9,11H,1-2H3;2*1H;/q-1;;;+3/p-2. The summed E-state index contributed by atoms with van der Waals surface area (Å²) in [5.41, 5.74) is 2.78. The van der Waals surface area contributed by atoms with Crippen molar-refractivity contribution in [3.8, 4) is 0 Å². The van der Waals surface area contributed by atoms with Gasteiger partial charge in [0.1, 0.15) is 0 Å². The van der Waals surface area contributed by atoms with Gasteiger partial charge in [0.15, 0.2) is 0 Å². The monoisotopic (exact) mass is 501 g/mol. The molecule has 15 heavy (non-hydrogen) atoms. The maximum Gasteiger partial charge on any atom is 3.00 e. The van der Waals surface area contributed by atoms with Crippen molar-refractivity contribution in [3.63, 3.8) is 0 Å². The van der Waals surface area contributed by atoms with Crippen LogP contribution >= 0.6 is 0 Å². The summed E-state index contributed by atoms with van der Waals surface area (Å²) < 4.78 is 0. The third kappa shape index (κ3) is 4.23. The molecule has 3 heteroatoms. The van der Waals surface area contributed by atoms with Gasteiger partial charge in [-0.05, 0) is 0 Å². The van der Waals surface area contributed by atoms with Gasteiger partial charge in [-0.2, -0.15) is 5.56 Å². The van der Waals surface area contributed by atoms with Crippen molar-refractivity contribution in [2.75, 3.05) is 0 Å². The predicted molar refractivity (Wildman–Crippen MR) is 51.7 cm³/mol. The van der Waals surface area contributed by atoms with E-state index in [1.807, 2.05) is 0 Å². The molecule has 2 rings (SSSR count). The summed E-state index contributed by atoms with van der Waals surface area (Å²) in [5, 5.41) is 0. The Morgan fingerprint density at radius 3 is 2.33 bits per heavy atom. The zero-order valence-corrected chi connectivity index (χ0v) is 15.6. The Bertz CT molecular complexity index is 321. The van der Waals surface area contributed by atoms with E-state index in [2.05, 4.69) is 50.3 Å². The second-order valence-corrected chi connectivity index (χ2v) is 3.66. The summed E-state index contributed by atoms with van der Waals surface area (Å²) in [6.07, 6.45) is 5.51. The number of benzene rings is 1. The number of fused-ring (bicyclic) bond motifs is 1.